The van der Waals surface area contributed by atoms with Crippen molar-refractivity contribution < 1.29 is 13.9 Å². The first kappa shape index (κ1) is 14.5. The highest BCUT2D eigenvalue weighted by molar-refractivity contribution is 5.96. The summed E-state index contributed by atoms with van der Waals surface area (Å²) >= 11 is 0. The molecule has 0 bridgehead atoms. The van der Waals surface area contributed by atoms with E-state index in [1.807, 2.05) is 18.2 Å². The van der Waals surface area contributed by atoms with E-state index in [0.29, 0.717) is 25.3 Å². The van der Waals surface area contributed by atoms with Crippen LogP contribution in [0.4, 0.5) is 10.1 Å². The summed E-state index contributed by atoms with van der Waals surface area (Å²) in [5, 5.41) is 0. The zero-order chi connectivity index (χ0) is 15.5. The van der Waals surface area contributed by atoms with Crippen molar-refractivity contribution in [2.24, 2.45) is 5.73 Å². The number of anilines is 1. The van der Waals surface area contributed by atoms with Gasteiger partial charge in [0.05, 0.1) is 0 Å². The van der Waals surface area contributed by atoms with E-state index in [2.05, 4.69) is 0 Å². The Kier molecular flexibility index (Phi) is 4.06. The van der Waals surface area contributed by atoms with Crippen LogP contribution >= 0.6 is 0 Å². The number of hydrogen-bond acceptors (Lipinski definition) is 3. The van der Waals surface area contributed by atoms with Crippen LogP contribution < -0.4 is 15.4 Å². The van der Waals surface area contributed by atoms with Gasteiger partial charge in [-0.25, -0.2) is 4.39 Å². The zero-order valence-electron chi connectivity index (χ0n) is 12.0. The number of hydrogen-bond donors (Lipinski definition) is 1. The minimum Gasteiger partial charge on any atom is -0.489 e. The molecule has 1 aliphatic heterocycles. The maximum atomic E-state index is 13.1. The Hall–Kier alpha value is -2.40. The standard InChI is InChI=1S/C17H17FN2O2/c18-13-3-1-2-12(8-13)11-22-16-6-4-15(5-7-16)20-10-14(19)9-17(20)21/h1-8,14H,9-11,19H2/t14-/m0/s1. The van der Waals surface area contributed by atoms with Gasteiger partial charge in [-0.15, -0.1) is 0 Å². The number of ether oxygens (including phenoxy) is 1. The fourth-order valence-electron chi connectivity index (χ4n) is 2.50. The number of carbonyl (C=O) groups is 1. The predicted octanol–water partition coefficient (Wildman–Crippen LogP) is 2.47. The van der Waals surface area contributed by atoms with Crippen molar-refractivity contribution in [3.63, 3.8) is 0 Å². The van der Waals surface area contributed by atoms with Crippen LogP contribution in [0.15, 0.2) is 48.5 Å². The smallest absolute Gasteiger partial charge is 0.228 e. The van der Waals surface area contributed by atoms with Crippen molar-refractivity contribution in [2.45, 2.75) is 19.1 Å². The molecule has 1 fully saturated rings. The number of nitrogens with zero attached hydrogens (tertiary/aromatic N) is 1. The number of carbonyl (C=O) groups excluding carboxylic acids is 1. The Morgan fingerprint density at radius 1 is 1.23 bits per heavy atom. The topological polar surface area (TPSA) is 55.6 Å². The number of amides is 1. The first-order valence-electron chi connectivity index (χ1n) is 7.15. The molecule has 0 radical (unpaired) electrons. The zero-order valence-corrected chi connectivity index (χ0v) is 12.0. The van der Waals surface area contributed by atoms with Crippen molar-refractivity contribution in [3.8, 4) is 5.75 Å². The molecule has 4 nitrogen and oxygen atoms in total. The average molecular weight is 300 g/mol. The van der Waals surface area contributed by atoms with E-state index in [1.54, 1.807) is 23.1 Å². The van der Waals surface area contributed by atoms with E-state index in [-0.39, 0.29) is 17.8 Å². The Labute approximate surface area is 128 Å². The average Bonchev–Trinajstić information content (AvgIpc) is 2.84. The van der Waals surface area contributed by atoms with Crippen LogP contribution in [-0.4, -0.2) is 18.5 Å². The van der Waals surface area contributed by atoms with Gasteiger partial charge in [-0.2, -0.15) is 0 Å². The Morgan fingerprint density at radius 2 is 2.00 bits per heavy atom. The lowest BCUT2D eigenvalue weighted by Gasteiger charge is -2.16. The van der Waals surface area contributed by atoms with E-state index in [9.17, 15) is 9.18 Å². The van der Waals surface area contributed by atoms with Gasteiger partial charge < -0.3 is 15.4 Å². The highest BCUT2D eigenvalue weighted by Crippen LogP contribution is 2.24. The van der Waals surface area contributed by atoms with E-state index < -0.39 is 0 Å². The third-order valence-corrected chi connectivity index (χ3v) is 3.60. The van der Waals surface area contributed by atoms with Crippen molar-refractivity contribution in [2.75, 3.05) is 11.4 Å². The number of nitrogens with two attached hydrogens (primary N) is 1. The fourth-order valence-corrected chi connectivity index (χ4v) is 2.50. The molecule has 0 spiro atoms. The van der Waals surface area contributed by atoms with Crippen molar-refractivity contribution in [3.05, 3.63) is 59.9 Å². The van der Waals surface area contributed by atoms with Crippen molar-refractivity contribution >= 4 is 11.6 Å². The van der Waals surface area contributed by atoms with Crippen molar-refractivity contribution in [1.82, 2.24) is 0 Å². The van der Waals surface area contributed by atoms with Gasteiger partial charge in [-0.1, -0.05) is 12.1 Å². The minimum atomic E-state index is -0.277. The molecule has 1 heterocycles. The third-order valence-electron chi connectivity index (χ3n) is 3.60. The van der Waals surface area contributed by atoms with Gasteiger partial charge in [0.25, 0.3) is 0 Å². The summed E-state index contributed by atoms with van der Waals surface area (Å²) in [4.78, 5) is 13.5. The highest BCUT2D eigenvalue weighted by atomic mass is 19.1. The molecule has 2 N–H and O–H groups in total. The highest BCUT2D eigenvalue weighted by Gasteiger charge is 2.27. The molecule has 1 saturated heterocycles. The van der Waals surface area contributed by atoms with Crippen LogP contribution in [0.5, 0.6) is 5.75 Å². The van der Waals surface area contributed by atoms with Crippen LogP contribution in [0.3, 0.4) is 0 Å². The van der Waals surface area contributed by atoms with E-state index in [0.717, 1.165) is 11.3 Å². The number of benzene rings is 2. The van der Waals surface area contributed by atoms with Crippen LogP contribution in [-0.2, 0) is 11.4 Å². The molecule has 3 rings (SSSR count). The number of halogens is 1. The Morgan fingerprint density at radius 3 is 2.64 bits per heavy atom. The Bertz CT molecular complexity index is 673. The molecule has 22 heavy (non-hydrogen) atoms. The second-order valence-electron chi connectivity index (χ2n) is 5.38. The predicted molar refractivity (Wildman–Crippen MR) is 82.1 cm³/mol. The van der Waals surface area contributed by atoms with Gasteiger partial charge in [0.1, 0.15) is 18.2 Å². The monoisotopic (exact) mass is 300 g/mol. The van der Waals surface area contributed by atoms with Gasteiger partial charge in [-0.3, -0.25) is 4.79 Å². The molecule has 1 aliphatic rings. The van der Waals surface area contributed by atoms with Gasteiger partial charge >= 0.3 is 0 Å². The van der Waals surface area contributed by atoms with Gasteiger partial charge in [0.2, 0.25) is 5.91 Å². The summed E-state index contributed by atoms with van der Waals surface area (Å²) in [6.07, 6.45) is 0.387. The van der Waals surface area contributed by atoms with Crippen LogP contribution in [0, 0.1) is 5.82 Å². The quantitative estimate of drug-likeness (QED) is 0.943. The van der Waals surface area contributed by atoms with Crippen LogP contribution in [0.25, 0.3) is 0 Å². The van der Waals surface area contributed by atoms with Crippen molar-refractivity contribution in [1.29, 1.82) is 0 Å². The lowest BCUT2D eigenvalue weighted by molar-refractivity contribution is -0.117. The normalized spacial score (nSPS) is 17.8. The molecule has 0 unspecified atom stereocenters. The van der Waals surface area contributed by atoms with Crippen LogP contribution in [0.1, 0.15) is 12.0 Å². The summed E-state index contributed by atoms with van der Waals surface area (Å²) in [5.41, 5.74) is 7.37. The summed E-state index contributed by atoms with van der Waals surface area (Å²) in [5.74, 6) is 0.435. The molecule has 0 aliphatic carbocycles. The molecular weight excluding hydrogens is 283 g/mol. The maximum Gasteiger partial charge on any atom is 0.228 e. The third kappa shape index (κ3) is 3.26. The summed E-state index contributed by atoms with van der Waals surface area (Å²) in [6.45, 7) is 0.840. The molecule has 2 aromatic carbocycles. The van der Waals surface area contributed by atoms with Crippen LogP contribution in [0.2, 0.25) is 0 Å². The second-order valence-corrected chi connectivity index (χ2v) is 5.38. The van der Waals surface area contributed by atoms with E-state index >= 15 is 0 Å². The molecule has 114 valence electrons. The molecule has 5 heteroatoms. The lowest BCUT2D eigenvalue weighted by Crippen LogP contribution is -2.27. The molecule has 0 saturated carbocycles. The lowest BCUT2D eigenvalue weighted by atomic mass is 10.2. The molecular formula is C17H17FN2O2. The van der Waals surface area contributed by atoms with E-state index in [1.165, 1.54) is 12.1 Å². The van der Waals surface area contributed by atoms with Gasteiger partial charge in [-0.05, 0) is 42.0 Å². The fraction of sp³-hybridized carbons (Fsp3) is 0.235. The van der Waals surface area contributed by atoms with E-state index in [4.69, 9.17) is 10.5 Å². The molecule has 2 aromatic rings. The molecule has 1 amide bonds. The minimum absolute atomic E-state index is 0.0425. The summed E-state index contributed by atoms with van der Waals surface area (Å²) in [6, 6.07) is 13.5. The van der Waals surface area contributed by atoms with Gasteiger partial charge in [0.15, 0.2) is 0 Å². The maximum absolute atomic E-state index is 13.1. The summed E-state index contributed by atoms with van der Waals surface area (Å²) in [7, 11) is 0. The second kappa shape index (κ2) is 6.15. The molecule has 0 aromatic heterocycles. The first-order valence-corrected chi connectivity index (χ1v) is 7.15. The van der Waals surface area contributed by atoms with Gasteiger partial charge in [0, 0.05) is 24.7 Å². The largest absolute Gasteiger partial charge is 0.489 e. The Balaban J connectivity index is 1.63. The molecule has 1 atom stereocenters. The first-order chi connectivity index (χ1) is 10.6. The number of rotatable bonds is 4. The summed E-state index contributed by atoms with van der Waals surface area (Å²) < 4.78 is 18.7. The SMILES string of the molecule is N[C@H]1CC(=O)N(c2ccc(OCc3cccc(F)c3)cc2)C1.